The number of benzene rings is 1. The zero-order chi connectivity index (χ0) is 22.1. The van der Waals surface area contributed by atoms with Crippen LogP contribution in [0.25, 0.3) is 0 Å². The van der Waals surface area contributed by atoms with E-state index in [1.54, 1.807) is 0 Å². The van der Waals surface area contributed by atoms with Crippen molar-refractivity contribution in [2.75, 3.05) is 11.9 Å². The van der Waals surface area contributed by atoms with E-state index in [2.05, 4.69) is 22.8 Å². The van der Waals surface area contributed by atoms with Crippen molar-refractivity contribution in [3.63, 3.8) is 0 Å². The molecule has 2 heterocycles. The number of nitrogens with zero attached hydrogens (tertiary/aromatic N) is 1. The fourth-order valence-electron chi connectivity index (χ4n) is 3.79. The Morgan fingerprint density at radius 1 is 1.06 bits per heavy atom. The highest BCUT2D eigenvalue weighted by Crippen LogP contribution is 2.20. The number of anilines is 1. The van der Waals surface area contributed by atoms with Crippen LogP contribution in [0.1, 0.15) is 66.6 Å². The largest absolute Gasteiger partial charge is 0.480 e. The molecule has 1 aromatic heterocycles. The van der Waals surface area contributed by atoms with Crippen LogP contribution < -0.4 is 10.6 Å². The lowest BCUT2D eigenvalue weighted by Gasteiger charge is -2.17. The summed E-state index contributed by atoms with van der Waals surface area (Å²) in [7, 11) is 0. The van der Waals surface area contributed by atoms with Crippen molar-refractivity contribution in [3.05, 3.63) is 59.0 Å². The van der Waals surface area contributed by atoms with Crippen molar-refractivity contribution in [2.24, 2.45) is 0 Å². The summed E-state index contributed by atoms with van der Waals surface area (Å²) in [6.45, 7) is 0.991. The van der Waals surface area contributed by atoms with E-state index < -0.39 is 23.7 Å². The molecule has 2 aromatic rings. The van der Waals surface area contributed by atoms with Gasteiger partial charge in [0.25, 0.3) is 5.91 Å². The predicted molar refractivity (Wildman–Crippen MR) is 118 cm³/mol. The minimum absolute atomic E-state index is 0.249. The SMILES string of the molecule is O=C(NC(CCCCCCCc1ccc2c(n1)NCCC2)C(=O)O)c1ccc(F)cc1. The van der Waals surface area contributed by atoms with E-state index in [9.17, 15) is 19.1 Å². The maximum absolute atomic E-state index is 13.0. The Hall–Kier alpha value is -2.96. The van der Waals surface area contributed by atoms with E-state index in [0.717, 1.165) is 69.4 Å². The fourth-order valence-corrected chi connectivity index (χ4v) is 3.79. The highest BCUT2D eigenvalue weighted by Gasteiger charge is 2.20. The summed E-state index contributed by atoms with van der Waals surface area (Å²) in [5, 5.41) is 15.3. The number of carbonyl (C=O) groups excluding carboxylic acids is 1. The first-order chi connectivity index (χ1) is 15.0. The van der Waals surface area contributed by atoms with Gasteiger partial charge in [-0.1, -0.05) is 31.7 Å². The van der Waals surface area contributed by atoms with Crippen molar-refractivity contribution in [3.8, 4) is 0 Å². The van der Waals surface area contributed by atoms with E-state index in [-0.39, 0.29) is 5.56 Å². The molecule has 7 heteroatoms. The number of aryl methyl sites for hydroxylation is 2. The van der Waals surface area contributed by atoms with Crippen molar-refractivity contribution >= 4 is 17.7 Å². The topological polar surface area (TPSA) is 91.3 Å². The normalized spacial score (nSPS) is 13.7. The molecule has 1 aliphatic heterocycles. The molecule has 0 saturated carbocycles. The highest BCUT2D eigenvalue weighted by molar-refractivity contribution is 5.96. The molecule has 0 bridgehead atoms. The summed E-state index contributed by atoms with van der Waals surface area (Å²) < 4.78 is 13.0. The van der Waals surface area contributed by atoms with Gasteiger partial charge in [-0.15, -0.1) is 0 Å². The van der Waals surface area contributed by atoms with Gasteiger partial charge in [-0.25, -0.2) is 14.2 Å². The van der Waals surface area contributed by atoms with Crippen LogP contribution in [0.2, 0.25) is 0 Å². The summed E-state index contributed by atoms with van der Waals surface area (Å²) in [4.78, 5) is 28.3. The molecule has 166 valence electrons. The highest BCUT2D eigenvalue weighted by atomic mass is 19.1. The maximum Gasteiger partial charge on any atom is 0.326 e. The first kappa shape index (κ1) is 22.7. The Morgan fingerprint density at radius 2 is 1.81 bits per heavy atom. The lowest BCUT2D eigenvalue weighted by atomic mass is 10.0. The van der Waals surface area contributed by atoms with Crippen LogP contribution in [0.4, 0.5) is 10.2 Å². The number of carboxylic acids is 1. The lowest BCUT2D eigenvalue weighted by molar-refractivity contribution is -0.139. The Morgan fingerprint density at radius 3 is 2.58 bits per heavy atom. The van der Waals surface area contributed by atoms with Crippen molar-refractivity contribution in [2.45, 2.75) is 63.8 Å². The molecular formula is C24H30FN3O3. The quantitative estimate of drug-likeness (QED) is 0.464. The second-order valence-corrected chi connectivity index (χ2v) is 8.02. The Labute approximate surface area is 182 Å². The van der Waals surface area contributed by atoms with Gasteiger partial charge in [0.05, 0.1) is 0 Å². The number of pyridine rings is 1. The monoisotopic (exact) mass is 427 g/mol. The first-order valence-electron chi connectivity index (χ1n) is 11.0. The minimum Gasteiger partial charge on any atom is -0.480 e. The number of hydrogen-bond donors (Lipinski definition) is 3. The molecular weight excluding hydrogens is 397 g/mol. The van der Waals surface area contributed by atoms with E-state index in [1.807, 2.05) is 0 Å². The number of carbonyl (C=O) groups is 2. The molecule has 0 aliphatic carbocycles. The molecule has 1 aliphatic rings. The van der Waals surface area contributed by atoms with Gasteiger partial charge in [-0.2, -0.15) is 0 Å². The van der Waals surface area contributed by atoms with E-state index >= 15 is 0 Å². The number of nitrogens with one attached hydrogen (secondary N) is 2. The van der Waals surface area contributed by atoms with Gasteiger partial charge in [-0.3, -0.25) is 4.79 Å². The zero-order valence-corrected chi connectivity index (χ0v) is 17.7. The smallest absolute Gasteiger partial charge is 0.326 e. The number of aliphatic carboxylic acids is 1. The molecule has 1 aromatic carbocycles. The summed E-state index contributed by atoms with van der Waals surface area (Å²) in [5.74, 6) is -0.960. The average Bonchev–Trinajstić information content (AvgIpc) is 2.77. The molecule has 3 rings (SSSR count). The molecule has 0 spiro atoms. The second-order valence-electron chi connectivity index (χ2n) is 8.02. The van der Waals surface area contributed by atoms with Crippen LogP contribution in [0, 0.1) is 5.82 Å². The predicted octanol–water partition coefficient (Wildman–Crippen LogP) is 4.35. The zero-order valence-electron chi connectivity index (χ0n) is 17.7. The number of hydrogen-bond acceptors (Lipinski definition) is 4. The number of amides is 1. The Bertz CT molecular complexity index is 886. The van der Waals surface area contributed by atoms with Crippen LogP contribution in [0.3, 0.4) is 0 Å². The third-order valence-corrected chi connectivity index (χ3v) is 5.59. The summed E-state index contributed by atoms with van der Waals surface area (Å²) in [6.07, 6.45) is 8.34. The number of carboxylic acid groups (broad SMARTS) is 1. The third-order valence-electron chi connectivity index (χ3n) is 5.59. The fraction of sp³-hybridized carbons (Fsp3) is 0.458. The number of halogens is 1. The summed E-state index contributed by atoms with van der Waals surface area (Å²) >= 11 is 0. The van der Waals surface area contributed by atoms with Gasteiger partial charge in [0.1, 0.15) is 17.7 Å². The summed E-state index contributed by atoms with van der Waals surface area (Å²) in [6, 6.07) is 8.41. The van der Waals surface area contributed by atoms with Crippen molar-refractivity contribution < 1.29 is 19.1 Å². The number of rotatable bonds is 11. The second kappa shape index (κ2) is 11.4. The molecule has 31 heavy (non-hydrogen) atoms. The van der Waals surface area contributed by atoms with E-state index in [1.165, 1.54) is 29.8 Å². The van der Waals surface area contributed by atoms with Gasteiger partial charge < -0.3 is 15.7 Å². The van der Waals surface area contributed by atoms with Crippen LogP contribution in [-0.4, -0.2) is 34.6 Å². The van der Waals surface area contributed by atoms with Crippen LogP contribution in [0.15, 0.2) is 36.4 Å². The number of aromatic nitrogens is 1. The lowest BCUT2D eigenvalue weighted by Crippen LogP contribution is -2.40. The van der Waals surface area contributed by atoms with Crippen LogP contribution >= 0.6 is 0 Å². The third kappa shape index (κ3) is 7.05. The molecule has 1 amide bonds. The molecule has 6 nitrogen and oxygen atoms in total. The molecule has 3 N–H and O–H groups in total. The van der Waals surface area contributed by atoms with E-state index in [4.69, 9.17) is 4.98 Å². The van der Waals surface area contributed by atoms with Gasteiger partial charge >= 0.3 is 5.97 Å². The molecule has 0 radical (unpaired) electrons. The summed E-state index contributed by atoms with van der Waals surface area (Å²) in [5.41, 5.74) is 2.66. The number of fused-ring (bicyclic) bond motifs is 1. The van der Waals surface area contributed by atoms with Crippen molar-refractivity contribution in [1.82, 2.24) is 10.3 Å². The van der Waals surface area contributed by atoms with Gasteiger partial charge in [0.2, 0.25) is 0 Å². The molecule has 1 unspecified atom stereocenters. The number of unbranched alkanes of at least 4 members (excludes halogenated alkanes) is 4. The molecule has 0 saturated heterocycles. The first-order valence-corrected chi connectivity index (χ1v) is 11.0. The molecule has 1 atom stereocenters. The Balaban J connectivity index is 1.32. The van der Waals surface area contributed by atoms with Gasteiger partial charge in [0, 0.05) is 17.8 Å². The Kier molecular flexibility index (Phi) is 8.38. The minimum atomic E-state index is -1.05. The van der Waals surface area contributed by atoms with Gasteiger partial charge in [0.15, 0.2) is 0 Å². The molecule has 0 fully saturated rings. The van der Waals surface area contributed by atoms with Crippen LogP contribution in [0.5, 0.6) is 0 Å². The van der Waals surface area contributed by atoms with Crippen LogP contribution in [-0.2, 0) is 17.6 Å². The standard InChI is InChI=1S/C24H30FN3O3/c25-19-13-10-18(11-14-19)23(29)28-21(24(30)31)9-5-3-1-2-4-8-20-15-12-17-7-6-16-26-22(17)27-20/h10-15,21H,1-9,16H2,(H,26,27)(H,28,29)(H,30,31). The average molecular weight is 428 g/mol. The maximum atomic E-state index is 13.0. The van der Waals surface area contributed by atoms with Gasteiger partial charge in [-0.05, 0) is 68.0 Å². The van der Waals surface area contributed by atoms with E-state index in [0.29, 0.717) is 6.42 Å². The van der Waals surface area contributed by atoms with Crippen molar-refractivity contribution in [1.29, 1.82) is 0 Å².